The molecule has 252 valence electrons. The summed E-state index contributed by atoms with van der Waals surface area (Å²) in [6.07, 6.45) is 3.76. The minimum absolute atomic E-state index is 0.0122. The molecule has 2 aliphatic rings. The van der Waals surface area contributed by atoms with Gasteiger partial charge in [0.2, 0.25) is 21.8 Å². The molecule has 4 aromatic carbocycles. The predicted molar refractivity (Wildman–Crippen MR) is 184 cm³/mol. The van der Waals surface area contributed by atoms with Crippen LogP contribution in [0.1, 0.15) is 34.3 Å². The quantitative estimate of drug-likeness (QED) is 0.155. The Labute approximate surface area is 285 Å². The van der Waals surface area contributed by atoms with Crippen molar-refractivity contribution in [1.29, 1.82) is 0 Å². The number of rotatable bonds is 13. The number of imide groups is 1. The molecule has 1 heterocycles. The Hall–Kier alpha value is -5.10. The highest BCUT2D eigenvalue weighted by molar-refractivity contribution is 7.89. The molecule has 0 spiro atoms. The third kappa shape index (κ3) is 7.80. The zero-order valence-corrected chi connectivity index (χ0v) is 27.5. The molecule has 0 unspecified atom stereocenters. The van der Waals surface area contributed by atoms with Crippen molar-refractivity contribution in [2.24, 2.45) is 11.8 Å². The van der Waals surface area contributed by atoms with Crippen molar-refractivity contribution in [3.8, 4) is 5.75 Å². The summed E-state index contributed by atoms with van der Waals surface area (Å²) in [4.78, 5) is 42.3. The Bertz CT molecular complexity index is 1870. The van der Waals surface area contributed by atoms with Gasteiger partial charge in [-0.2, -0.15) is 0 Å². The second-order valence-corrected chi connectivity index (χ2v) is 13.8. The van der Waals surface area contributed by atoms with Crippen LogP contribution in [-0.2, 0) is 32.7 Å². The van der Waals surface area contributed by atoms with Gasteiger partial charge in [-0.05, 0) is 60.4 Å². The highest BCUT2D eigenvalue weighted by atomic mass is 32.2. The molecule has 1 aliphatic heterocycles. The Morgan fingerprint density at radius 2 is 1.33 bits per heavy atom. The monoisotopic (exact) mass is 679 g/mol. The van der Waals surface area contributed by atoms with E-state index < -0.39 is 22.0 Å². The fraction of sp³-hybridized carbons (Fsp3) is 0.237. The third-order valence-electron chi connectivity index (χ3n) is 8.68. The first-order valence-electron chi connectivity index (χ1n) is 16.1. The maximum absolute atomic E-state index is 13.9. The molecule has 49 heavy (non-hydrogen) atoms. The summed E-state index contributed by atoms with van der Waals surface area (Å²) >= 11 is 0. The van der Waals surface area contributed by atoms with Crippen LogP contribution in [0.3, 0.4) is 0 Å². The lowest BCUT2D eigenvalue weighted by atomic mass is 9.85. The summed E-state index contributed by atoms with van der Waals surface area (Å²) in [5.41, 5.74) is 2.26. The number of fused-ring (bicyclic) bond motifs is 1. The summed E-state index contributed by atoms with van der Waals surface area (Å²) < 4.78 is 35.1. The van der Waals surface area contributed by atoms with Gasteiger partial charge in [-0.1, -0.05) is 84.9 Å². The molecule has 2 N–H and O–H groups in total. The molecule has 4 aromatic rings. The Morgan fingerprint density at radius 3 is 1.90 bits per heavy atom. The molecular formula is C38H37N3O7S. The van der Waals surface area contributed by atoms with E-state index in [0.29, 0.717) is 24.3 Å². The second-order valence-electron chi connectivity index (χ2n) is 12.1. The van der Waals surface area contributed by atoms with E-state index in [1.165, 1.54) is 17.0 Å². The SMILES string of the molecule is O=C(c1ccccc1S(=O)(=O)NC[C@H](O)COc1ccc(N2C(=O)[C@@H]3CC=CC[C@H]3C2=O)cc1)N(Cc1ccccc1)Cc1ccccc1. The summed E-state index contributed by atoms with van der Waals surface area (Å²) in [6, 6.07) is 31.3. The summed E-state index contributed by atoms with van der Waals surface area (Å²) in [6.45, 7) is -0.0524. The maximum atomic E-state index is 13.9. The van der Waals surface area contributed by atoms with Crippen LogP contribution in [0.4, 0.5) is 5.69 Å². The Balaban J connectivity index is 1.08. The van der Waals surface area contributed by atoms with Crippen LogP contribution in [0.2, 0.25) is 0 Å². The molecule has 10 nitrogen and oxygen atoms in total. The van der Waals surface area contributed by atoms with E-state index in [4.69, 9.17) is 4.74 Å². The molecule has 0 saturated carbocycles. The van der Waals surface area contributed by atoms with Gasteiger partial charge in [-0.25, -0.2) is 13.1 Å². The van der Waals surface area contributed by atoms with Crippen molar-refractivity contribution in [3.63, 3.8) is 0 Å². The van der Waals surface area contributed by atoms with Gasteiger partial charge >= 0.3 is 0 Å². The standard InChI is InChI=1S/C38H37N3O7S/c42-30(26-48-31-21-19-29(20-22-31)41-37(44)32-15-7-8-16-33(32)38(41)45)23-39-49(46,47)35-18-10-9-17-34(35)36(43)40(24-27-11-3-1-4-12-27)25-28-13-5-2-6-14-28/h1-14,17-22,30,32-33,39,42H,15-16,23-26H2/t30-,32+,33+/m0/s1. The van der Waals surface area contributed by atoms with Crippen LogP contribution in [0.25, 0.3) is 0 Å². The Kier molecular flexibility index (Phi) is 10.3. The van der Waals surface area contributed by atoms with E-state index in [1.54, 1.807) is 41.3 Å². The normalized spacial score (nSPS) is 17.9. The zero-order valence-electron chi connectivity index (χ0n) is 26.7. The van der Waals surface area contributed by atoms with Gasteiger partial charge in [0, 0.05) is 19.6 Å². The van der Waals surface area contributed by atoms with E-state index in [2.05, 4.69) is 4.72 Å². The fourth-order valence-corrected chi connectivity index (χ4v) is 7.41. The number of sulfonamides is 1. The number of aliphatic hydroxyl groups excluding tert-OH is 1. The highest BCUT2D eigenvalue weighted by Crippen LogP contribution is 2.38. The topological polar surface area (TPSA) is 133 Å². The number of nitrogens with one attached hydrogen (secondary N) is 1. The molecule has 0 aromatic heterocycles. The van der Waals surface area contributed by atoms with E-state index in [9.17, 15) is 27.9 Å². The van der Waals surface area contributed by atoms with Gasteiger partial charge in [0.15, 0.2) is 0 Å². The molecule has 1 saturated heterocycles. The van der Waals surface area contributed by atoms with Crippen molar-refractivity contribution >= 4 is 33.4 Å². The number of hydrogen-bond donors (Lipinski definition) is 2. The third-order valence-corrected chi connectivity index (χ3v) is 10.2. The summed E-state index contributed by atoms with van der Waals surface area (Å²) in [5, 5.41) is 10.6. The van der Waals surface area contributed by atoms with E-state index in [1.807, 2.05) is 72.8 Å². The number of carbonyl (C=O) groups excluding carboxylic acids is 3. The van der Waals surface area contributed by atoms with Gasteiger partial charge < -0.3 is 14.7 Å². The molecule has 0 radical (unpaired) electrons. The van der Waals surface area contributed by atoms with Crippen molar-refractivity contribution < 1.29 is 32.6 Å². The van der Waals surface area contributed by atoms with Gasteiger partial charge in [0.05, 0.1) is 28.0 Å². The van der Waals surface area contributed by atoms with Gasteiger partial charge in [0.25, 0.3) is 5.91 Å². The molecule has 6 rings (SSSR count). The van der Waals surface area contributed by atoms with Crippen LogP contribution in [0.15, 0.2) is 126 Å². The van der Waals surface area contributed by atoms with Crippen LogP contribution >= 0.6 is 0 Å². The lowest BCUT2D eigenvalue weighted by Crippen LogP contribution is -2.37. The molecule has 1 aliphatic carbocycles. The van der Waals surface area contributed by atoms with Crippen LogP contribution < -0.4 is 14.4 Å². The number of benzene rings is 4. The predicted octanol–water partition coefficient (Wildman–Crippen LogP) is 4.70. The van der Waals surface area contributed by atoms with Crippen molar-refractivity contribution in [2.45, 2.75) is 36.9 Å². The molecule has 3 atom stereocenters. The van der Waals surface area contributed by atoms with Gasteiger partial charge in [-0.3, -0.25) is 19.3 Å². The zero-order chi connectivity index (χ0) is 34.4. The highest BCUT2D eigenvalue weighted by Gasteiger charge is 2.47. The number of anilines is 1. The van der Waals surface area contributed by atoms with E-state index in [-0.39, 0.29) is 60.4 Å². The van der Waals surface area contributed by atoms with Gasteiger partial charge in [-0.15, -0.1) is 0 Å². The molecule has 1 fully saturated rings. The smallest absolute Gasteiger partial charge is 0.255 e. The first-order valence-corrected chi connectivity index (χ1v) is 17.6. The Morgan fingerprint density at radius 1 is 0.796 bits per heavy atom. The minimum atomic E-state index is -4.21. The first kappa shape index (κ1) is 33.8. The number of aliphatic hydroxyl groups is 1. The van der Waals surface area contributed by atoms with E-state index in [0.717, 1.165) is 11.1 Å². The largest absolute Gasteiger partial charge is 0.491 e. The fourth-order valence-electron chi connectivity index (χ4n) is 6.14. The lowest BCUT2D eigenvalue weighted by Gasteiger charge is -2.24. The maximum Gasteiger partial charge on any atom is 0.255 e. The van der Waals surface area contributed by atoms with Crippen LogP contribution in [0, 0.1) is 11.8 Å². The summed E-state index contributed by atoms with van der Waals surface area (Å²) in [7, 11) is -4.21. The minimum Gasteiger partial charge on any atom is -0.491 e. The molecule has 11 heteroatoms. The molecule has 0 bridgehead atoms. The number of nitrogens with zero attached hydrogens (tertiary/aromatic N) is 2. The average molecular weight is 680 g/mol. The number of allylic oxidation sites excluding steroid dienone is 2. The lowest BCUT2D eigenvalue weighted by molar-refractivity contribution is -0.122. The first-order chi connectivity index (χ1) is 23.7. The van der Waals surface area contributed by atoms with E-state index >= 15 is 0 Å². The number of carbonyl (C=O) groups is 3. The van der Waals surface area contributed by atoms with Crippen molar-refractivity contribution in [3.05, 3.63) is 138 Å². The average Bonchev–Trinajstić information content (AvgIpc) is 3.39. The molecule has 3 amide bonds. The number of ether oxygens (including phenoxy) is 1. The molecular weight excluding hydrogens is 642 g/mol. The van der Waals surface area contributed by atoms with Crippen LogP contribution in [0.5, 0.6) is 5.75 Å². The van der Waals surface area contributed by atoms with Gasteiger partial charge in [0.1, 0.15) is 18.5 Å². The van der Waals surface area contributed by atoms with Crippen LogP contribution in [-0.4, -0.2) is 55.4 Å². The second kappa shape index (κ2) is 15.0. The number of amides is 3. The summed E-state index contributed by atoms with van der Waals surface area (Å²) in [5.74, 6) is -1.16. The number of hydrogen-bond acceptors (Lipinski definition) is 7. The van der Waals surface area contributed by atoms with Crippen molar-refractivity contribution in [2.75, 3.05) is 18.1 Å². The van der Waals surface area contributed by atoms with Crippen molar-refractivity contribution in [1.82, 2.24) is 9.62 Å².